The summed E-state index contributed by atoms with van der Waals surface area (Å²) < 4.78 is 12.2. The molecule has 168 valence electrons. The average Bonchev–Trinajstić information content (AvgIpc) is 2.87. The van der Waals surface area contributed by atoms with E-state index >= 15 is 0 Å². The first-order valence-electron chi connectivity index (χ1n) is 10.5. The van der Waals surface area contributed by atoms with Crippen molar-refractivity contribution in [3.8, 4) is 17.2 Å². The number of hydrogen-bond donors (Lipinski definition) is 0. The second-order valence-corrected chi connectivity index (χ2v) is 8.29. The summed E-state index contributed by atoms with van der Waals surface area (Å²) >= 11 is 1.23. The fourth-order valence-corrected chi connectivity index (χ4v) is 4.45. The van der Waals surface area contributed by atoms with E-state index in [1.807, 2.05) is 36.4 Å². The molecule has 4 aromatic rings. The monoisotopic (exact) mass is 460 g/mol. The zero-order chi connectivity index (χ0) is 23.4. The molecule has 0 aliphatic rings. The number of ether oxygens (including phenoxy) is 2. The van der Waals surface area contributed by atoms with E-state index < -0.39 is 0 Å². The Labute approximate surface area is 196 Å². The number of methoxy groups -OCH3 is 2. The third-order valence-corrected chi connectivity index (χ3v) is 6.33. The molecule has 1 aromatic heterocycles. The number of carbonyl (C=O) groups is 1. The van der Waals surface area contributed by atoms with Crippen LogP contribution in [0.5, 0.6) is 11.5 Å². The number of carbonyl (C=O) groups excluding carboxylic acids is 1. The van der Waals surface area contributed by atoms with Gasteiger partial charge in [-0.25, -0.2) is 4.98 Å². The van der Waals surface area contributed by atoms with Crippen molar-refractivity contribution >= 4 is 28.4 Å². The van der Waals surface area contributed by atoms with Gasteiger partial charge in [0.25, 0.3) is 5.56 Å². The number of aromatic nitrogens is 2. The lowest BCUT2D eigenvalue weighted by atomic mass is 10.1. The Balaban J connectivity index is 1.72. The Kier molecular flexibility index (Phi) is 6.79. The van der Waals surface area contributed by atoms with Gasteiger partial charge in [0.1, 0.15) is 11.5 Å². The molecule has 0 radical (unpaired) electrons. The van der Waals surface area contributed by atoms with E-state index in [9.17, 15) is 9.59 Å². The van der Waals surface area contributed by atoms with E-state index in [0.717, 1.165) is 6.42 Å². The van der Waals surface area contributed by atoms with Crippen molar-refractivity contribution in [3.05, 3.63) is 88.2 Å². The maximum Gasteiger partial charge on any atom is 0.266 e. The van der Waals surface area contributed by atoms with Crippen molar-refractivity contribution in [2.45, 2.75) is 18.5 Å². The summed E-state index contributed by atoms with van der Waals surface area (Å²) in [7, 11) is 3.07. The van der Waals surface area contributed by atoms with Crippen LogP contribution >= 0.6 is 11.8 Å². The van der Waals surface area contributed by atoms with Gasteiger partial charge >= 0.3 is 0 Å². The minimum Gasteiger partial charge on any atom is -0.497 e. The van der Waals surface area contributed by atoms with Crippen molar-refractivity contribution in [1.29, 1.82) is 0 Å². The highest BCUT2D eigenvalue weighted by Gasteiger charge is 2.18. The number of Topliss-reactive ketones (excluding diaryl/α,β-unsaturated/α-hetero) is 1. The molecule has 3 aromatic carbocycles. The molecule has 0 aliphatic heterocycles. The summed E-state index contributed by atoms with van der Waals surface area (Å²) in [6.07, 6.45) is 0.908. The summed E-state index contributed by atoms with van der Waals surface area (Å²) in [6.45, 7) is 2.08. The van der Waals surface area contributed by atoms with Gasteiger partial charge in [0.15, 0.2) is 10.9 Å². The summed E-state index contributed by atoms with van der Waals surface area (Å²) in [5.74, 6) is 1.02. The fourth-order valence-electron chi connectivity index (χ4n) is 3.55. The summed E-state index contributed by atoms with van der Waals surface area (Å²) in [6, 6.07) is 20.1. The maximum absolute atomic E-state index is 13.4. The number of rotatable bonds is 8. The van der Waals surface area contributed by atoms with Crippen LogP contribution in [0.4, 0.5) is 0 Å². The van der Waals surface area contributed by atoms with E-state index in [1.165, 1.54) is 24.4 Å². The zero-order valence-corrected chi connectivity index (χ0v) is 19.5. The van der Waals surface area contributed by atoms with Gasteiger partial charge < -0.3 is 9.47 Å². The Hall–Kier alpha value is -3.58. The quantitative estimate of drug-likeness (QED) is 0.211. The third-order valence-electron chi connectivity index (χ3n) is 5.39. The van der Waals surface area contributed by atoms with Crippen molar-refractivity contribution in [1.82, 2.24) is 9.55 Å². The molecule has 0 saturated heterocycles. The molecule has 0 unspecified atom stereocenters. The first-order valence-corrected chi connectivity index (χ1v) is 11.5. The number of thioether (sulfide) groups is 1. The van der Waals surface area contributed by atoms with Crippen LogP contribution in [0.2, 0.25) is 0 Å². The van der Waals surface area contributed by atoms with Gasteiger partial charge in [-0.05, 0) is 48.4 Å². The SMILES string of the molecule is CCc1ccc(-n2c(SCC(=O)c3ccc(OC)cc3OC)nc3ccccc3c2=O)cc1. The van der Waals surface area contributed by atoms with Crippen LogP contribution < -0.4 is 15.0 Å². The smallest absolute Gasteiger partial charge is 0.266 e. The van der Waals surface area contributed by atoms with Crippen molar-refractivity contribution < 1.29 is 14.3 Å². The second-order valence-electron chi connectivity index (χ2n) is 7.35. The second kappa shape index (κ2) is 9.92. The summed E-state index contributed by atoms with van der Waals surface area (Å²) in [4.78, 5) is 31.1. The van der Waals surface area contributed by atoms with Crippen LogP contribution in [0.15, 0.2) is 76.7 Å². The first kappa shape index (κ1) is 22.6. The zero-order valence-electron chi connectivity index (χ0n) is 18.7. The van der Waals surface area contributed by atoms with Crippen molar-refractivity contribution in [2.75, 3.05) is 20.0 Å². The highest BCUT2D eigenvalue weighted by Crippen LogP contribution is 2.28. The fraction of sp³-hybridized carbons (Fsp3) is 0.192. The molecule has 6 nitrogen and oxygen atoms in total. The number of nitrogens with zero attached hydrogens (tertiary/aromatic N) is 2. The van der Waals surface area contributed by atoms with Crippen LogP contribution in [-0.4, -0.2) is 35.3 Å². The highest BCUT2D eigenvalue weighted by molar-refractivity contribution is 7.99. The third kappa shape index (κ3) is 4.64. The van der Waals surface area contributed by atoms with Gasteiger partial charge in [0.2, 0.25) is 0 Å². The standard InChI is InChI=1S/C26H24N2O4S/c1-4-17-9-11-18(12-10-17)28-25(30)20-7-5-6-8-22(20)27-26(28)33-16-23(29)21-14-13-19(31-2)15-24(21)32-3/h5-15H,4,16H2,1-3H3. The van der Waals surface area contributed by atoms with Gasteiger partial charge in [-0.15, -0.1) is 0 Å². The minimum atomic E-state index is -0.165. The molecule has 0 fully saturated rings. The van der Waals surface area contributed by atoms with Crippen LogP contribution in [-0.2, 0) is 6.42 Å². The van der Waals surface area contributed by atoms with Crippen LogP contribution in [0.3, 0.4) is 0 Å². The van der Waals surface area contributed by atoms with E-state index in [4.69, 9.17) is 14.5 Å². The van der Waals surface area contributed by atoms with Crippen LogP contribution in [0.25, 0.3) is 16.6 Å². The first-order chi connectivity index (χ1) is 16.0. The molecule has 0 spiro atoms. The summed E-state index contributed by atoms with van der Waals surface area (Å²) in [5, 5.41) is 0.994. The molecular weight excluding hydrogens is 436 g/mol. The maximum atomic E-state index is 13.4. The highest BCUT2D eigenvalue weighted by atomic mass is 32.2. The largest absolute Gasteiger partial charge is 0.497 e. The number of para-hydroxylation sites is 1. The topological polar surface area (TPSA) is 70.4 Å². The van der Waals surface area contributed by atoms with E-state index in [-0.39, 0.29) is 17.1 Å². The normalized spacial score (nSPS) is 10.9. The van der Waals surface area contributed by atoms with Gasteiger partial charge in [0, 0.05) is 6.07 Å². The van der Waals surface area contributed by atoms with E-state index in [0.29, 0.717) is 38.8 Å². The van der Waals surface area contributed by atoms with E-state index in [2.05, 4.69) is 6.92 Å². The predicted molar refractivity (Wildman–Crippen MR) is 131 cm³/mol. The van der Waals surface area contributed by atoms with Gasteiger partial charge in [-0.3, -0.25) is 14.2 Å². The molecule has 0 atom stereocenters. The summed E-state index contributed by atoms with van der Waals surface area (Å²) in [5.41, 5.74) is 2.78. The lowest BCUT2D eigenvalue weighted by Crippen LogP contribution is -2.22. The van der Waals surface area contributed by atoms with Crippen molar-refractivity contribution in [2.24, 2.45) is 0 Å². The lowest BCUT2D eigenvalue weighted by Gasteiger charge is -2.14. The Bertz CT molecular complexity index is 1360. The van der Waals surface area contributed by atoms with Gasteiger partial charge in [-0.2, -0.15) is 0 Å². The molecule has 0 bridgehead atoms. The van der Waals surface area contributed by atoms with E-state index in [1.54, 1.807) is 42.0 Å². The lowest BCUT2D eigenvalue weighted by molar-refractivity contribution is 0.101. The average molecular weight is 461 g/mol. The molecule has 1 heterocycles. The predicted octanol–water partition coefficient (Wildman–Crippen LogP) is 4.94. The number of ketones is 1. The molecule has 0 aliphatic carbocycles. The number of benzene rings is 3. The minimum absolute atomic E-state index is 0.0977. The number of aryl methyl sites for hydroxylation is 1. The van der Waals surface area contributed by atoms with Crippen LogP contribution in [0.1, 0.15) is 22.8 Å². The molecule has 0 saturated carbocycles. The van der Waals surface area contributed by atoms with Crippen molar-refractivity contribution in [3.63, 3.8) is 0 Å². The van der Waals surface area contributed by atoms with Gasteiger partial charge in [0.05, 0.1) is 42.1 Å². The molecule has 7 heteroatoms. The Morgan fingerprint density at radius 2 is 1.76 bits per heavy atom. The number of fused-ring (bicyclic) bond motifs is 1. The molecule has 33 heavy (non-hydrogen) atoms. The van der Waals surface area contributed by atoms with Gasteiger partial charge in [-0.1, -0.05) is 43.0 Å². The molecular formula is C26H24N2O4S. The van der Waals surface area contributed by atoms with Crippen LogP contribution in [0, 0.1) is 0 Å². The number of hydrogen-bond acceptors (Lipinski definition) is 6. The Morgan fingerprint density at radius 1 is 1.00 bits per heavy atom. The molecule has 0 amide bonds. The Morgan fingerprint density at radius 3 is 2.45 bits per heavy atom. The molecule has 4 rings (SSSR count). The molecule has 0 N–H and O–H groups in total.